The Kier molecular flexibility index (Phi) is 5.30. The number of fused-ring (bicyclic) bond motifs is 1. The van der Waals surface area contributed by atoms with E-state index in [-0.39, 0.29) is 11.6 Å². The molecule has 0 aliphatic carbocycles. The Bertz CT molecular complexity index is 743. The van der Waals surface area contributed by atoms with Crippen LogP contribution >= 0.6 is 0 Å². The van der Waals surface area contributed by atoms with Crippen molar-refractivity contribution in [3.8, 4) is 0 Å². The van der Waals surface area contributed by atoms with Gasteiger partial charge < -0.3 is 10.2 Å². The number of pyridine rings is 1. The van der Waals surface area contributed by atoms with E-state index in [1.807, 2.05) is 11.0 Å². The largest absolute Gasteiger partial charge is 0.350 e. The molecule has 7 nitrogen and oxygen atoms in total. The highest BCUT2D eigenvalue weighted by atomic mass is 16.2. The van der Waals surface area contributed by atoms with Gasteiger partial charge in [-0.1, -0.05) is 13.0 Å². The summed E-state index contributed by atoms with van der Waals surface area (Å²) in [5, 5.41) is 7.64. The van der Waals surface area contributed by atoms with Gasteiger partial charge in [0.1, 0.15) is 0 Å². The van der Waals surface area contributed by atoms with Crippen molar-refractivity contribution in [3.63, 3.8) is 0 Å². The molecule has 0 bridgehead atoms. The fraction of sp³-hybridized carbons (Fsp3) is 0.588. The van der Waals surface area contributed by atoms with Gasteiger partial charge >= 0.3 is 5.69 Å². The number of amides is 1. The molecule has 0 spiro atoms. The molecule has 2 aromatic heterocycles. The van der Waals surface area contributed by atoms with Gasteiger partial charge in [0.25, 0.3) is 0 Å². The molecule has 0 radical (unpaired) electrons. The molecule has 0 unspecified atom stereocenters. The normalized spacial score (nSPS) is 16.0. The summed E-state index contributed by atoms with van der Waals surface area (Å²) in [6.07, 6.45) is 4.11. The lowest BCUT2D eigenvalue weighted by Crippen LogP contribution is -2.41. The van der Waals surface area contributed by atoms with E-state index in [1.165, 1.54) is 9.08 Å². The number of aromatic nitrogens is 3. The summed E-state index contributed by atoms with van der Waals surface area (Å²) in [7, 11) is 0. The zero-order valence-electron chi connectivity index (χ0n) is 14.1. The Morgan fingerprint density at radius 3 is 2.83 bits per heavy atom. The first-order valence-corrected chi connectivity index (χ1v) is 8.71. The zero-order valence-corrected chi connectivity index (χ0v) is 14.1. The van der Waals surface area contributed by atoms with Crippen molar-refractivity contribution >= 4 is 11.6 Å². The first-order chi connectivity index (χ1) is 11.7. The van der Waals surface area contributed by atoms with Crippen LogP contribution in [-0.4, -0.2) is 51.2 Å². The molecule has 1 aliphatic rings. The SMILES string of the molecule is CCNCC1CCN(C(=O)CCn2nc3ccccn3c2=O)CC1. The van der Waals surface area contributed by atoms with Crippen LogP contribution in [0.1, 0.15) is 26.2 Å². The van der Waals surface area contributed by atoms with E-state index in [9.17, 15) is 9.59 Å². The summed E-state index contributed by atoms with van der Waals surface area (Å²) >= 11 is 0. The molecule has 3 rings (SSSR count). The molecule has 7 heteroatoms. The Morgan fingerprint density at radius 2 is 2.12 bits per heavy atom. The lowest BCUT2D eigenvalue weighted by atomic mass is 9.96. The van der Waals surface area contributed by atoms with E-state index < -0.39 is 0 Å². The van der Waals surface area contributed by atoms with Gasteiger partial charge in [-0.15, -0.1) is 5.10 Å². The minimum absolute atomic E-state index is 0.112. The summed E-state index contributed by atoms with van der Waals surface area (Å²) in [6.45, 7) is 6.10. The third kappa shape index (κ3) is 3.67. The highest BCUT2D eigenvalue weighted by molar-refractivity contribution is 5.76. The summed E-state index contributed by atoms with van der Waals surface area (Å²) < 4.78 is 2.88. The van der Waals surface area contributed by atoms with E-state index >= 15 is 0 Å². The maximum atomic E-state index is 12.4. The van der Waals surface area contributed by atoms with Crippen molar-refractivity contribution in [2.24, 2.45) is 5.92 Å². The average Bonchev–Trinajstić information content (AvgIpc) is 2.94. The van der Waals surface area contributed by atoms with E-state index in [0.29, 0.717) is 24.5 Å². The second-order valence-corrected chi connectivity index (χ2v) is 6.32. The molecule has 1 fully saturated rings. The number of rotatable bonds is 6. The number of carbonyl (C=O) groups excluding carboxylic acids is 1. The summed E-state index contributed by atoms with van der Waals surface area (Å²) in [5.74, 6) is 0.774. The molecule has 2 aromatic rings. The third-order valence-electron chi connectivity index (χ3n) is 4.68. The van der Waals surface area contributed by atoms with Gasteiger partial charge in [0.05, 0.1) is 6.54 Å². The topological polar surface area (TPSA) is 71.6 Å². The fourth-order valence-electron chi connectivity index (χ4n) is 3.21. The van der Waals surface area contributed by atoms with E-state index in [1.54, 1.807) is 18.3 Å². The van der Waals surface area contributed by atoms with Gasteiger partial charge in [-0.3, -0.25) is 9.20 Å². The molecule has 0 atom stereocenters. The monoisotopic (exact) mass is 331 g/mol. The highest BCUT2D eigenvalue weighted by Crippen LogP contribution is 2.17. The molecule has 24 heavy (non-hydrogen) atoms. The average molecular weight is 331 g/mol. The van der Waals surface area contributed by atoms with Crippen molar-refractivity contribution in [2.45, 2.75) is 32.7 Å². The highest BCUT2D eigenvalue weighted by Gasteiger charge is 2.22. The predicted octanol–water partition coefficient (Wildman–Crippen LogP) is 0.734. The molecule has 1 aliphatic heterocycles. The second-order valence-electron chi connectivity index (χ2n) is 6.32. The molecular formula is C17H25N5O2. The molecule has 1 N–H and O–H groups in total. The van der Waals surface area contributed by atoms with E-state index in [4.69, 9.17) is 0 Å². The summed E-state index contributed by atoms with van der Waals surface area (Å²) in [4.78, 5) is 26.5. The van der Waals surface area contributed by atoms with Crippen LogP contribution in [0.5, 0.6) is 0 Å². The van der Waals surface area contributed by atoms with Crippen LogP contribution in [0.4, 0.5) is 0 Å². The number of likely N-dealkylation sites (tertiary alicyclic amines) is 1. The number of hydrogen-bond acceptors (Lipinski definition) is 4. The maximum absolute atomic E-state index is 12.4. The molecule has 0 aromatic carbocycles. The second kappa shape index (κ2) is 7.61. The smallest absolute Gasteiger partial charge is 0.343 e. The minimum atomic E-state index is -0.192. The first kappa shape index (κ1) is 16.7. The Hall–Kier alpha value is -2.15. The molecule has 3 heterocycles. The Labute approximate surface area is 141 Å². The standard InChI is InChI=1S/C17H25N5O2/c1-2-18-13-14-6-10-20(11-7-14)16(23)8-12-22-17(24)21-9-4-3-5-15(21)19-22/h3-5,9,14,18H,2,6-8,10-13H2,1H3. The van der Waals surface area contributed by atoms with Gasteiger partial charge in [0.15, 0.2) is 5.65 Å². The molecule has 1 saturated heterocycles. The summed E-state index contributed by atoms with van der Waals surface area (Å²) in [5.41, 5.74) is 0.418. The zero-order chi connectivity index (χ0) is 16.9. The van der Waals surface area contributed by atoms with Crippen molar-refractivity contribution in [3.05, 3.63) is 34.9 Å². The van der Waals surface area contributed by atoms with Crippen LogP contribution < -0.4 is 11.0 Å². The molecular weight excluding hydrogens is 306 g/mol. The van der Waals surface area contributed by atoms with Crippen molar-refractivity contribution in [2.75, 3.05) is 26.2 Å². The van der Waals surface area contributed by atoms with Gasteiger partial charge in [-0.2, -0.15) is 0 Å². The quantitative estimate of drug-likeness (QED) is 0.847. The van der Waals surface area contributed by atoms with Crippen molar-refractivity contribution < 1.29 is 4.79 Å². The van der Waals surface area contributed by atoms with Crippen LogP contribution in [0.25, 0.3) is 5.65 Å². The number of hydrogen-bond donors (Lipinski definition) is 1. The van der Waals surface area contributed by atoms with E-state index in [2.05, 4.69) is 17.3 Å². The van der Waals surface area contributed by atoms with Crippen molar-refractivity contribution in [1.29, 1.82) is 0 Å². The number of nitrogens with one attached hydrogen (secondary N) is 1. The maximum Gasteiger partial charge on any atom is 0.350 e. The van der Waals surface area contributed by atoms with Crippen molar-refractivity contribution in [1.82, 2.24) is 24.4 Å². The first-order valence-electron chi connectivity index (χ1n) is 8.71. The van der Waals surface area contributed by atoms with Crippen LogP contribution in [-0.2, 0) is 11.3 Å². The molecule has 1 amide bonds. The van der Waals surface area contributed by atoms with Gasteiger partial charge in [-0.05, 0) is 44.0 Å². The molecule has 130 valence electrons. The number of aryl methyl sites for hydroxylation is 1. The Morgan fingerprint density at radius 1 is 1.33 bits per heavy atom. The number of piperidine rings is 1. The third-order valence-corrected chi connectivity index (χ3v) is 4.68. The lowest BCUT2D eigenvalue weighted by Gasteiger charge is -2.32. The van der Waals surface area contributed by atoms with Crippen LogP contribution in [0.3, 0.4) is 0 Å². The van der Waals surface area contributed by atoms with Gasteiger partial charge in [0, 0.05) is 25.7 Å². The summed E-state index contributed by atoms with van der Waals surface area (Å²) in [6, 6.07) is 5.42. The van der Waals surface area contributed by atoms with Crippen LogP contribution in [0.15, 0.2) is 29.2 Å². The van der Waals surface area contributed by atoms with Crippen LogP contribution in [0, 0.1) is 5.92 Å². The fourth-order valence-corrected chi connectivity index (χ4v) is 3.21. The lowest BCUT2D eigenvalue weighted by molar-refractivity contribution is -0.132. The van der Waals surface area contributed by atoms with Crippen LogP contribution in [0.2, 0.25) is 0 Å². The predicted molar refractivity (Wildman–Crippen MR) is 91.9 cm³/mol. The number of carbonyl (C=O) groups is 1. The molecule has 0 saturated carbocycles. The van der Waals surface area contributed by atoms with E-state index in [0.717, 1.165) is 39.0 Å². The Balaban J connectivity index is 1.52. The minimum Gasteiger partial charge on any atom is -0.343 e. The number of nitrogens with zero attached hydrogens (tertiary/aromatic N) is 4. The van der Waals surface area contributed by atoms with Gasteiger partial charge in [-0.25, -0.2) is 9.48 Å². The van der Waals surface area contributed by atoms with Gasteiger partial charge in [0.2, 0.25) is 5.91 Å².